The van der Waals surface area contributed by atoms with E-state index in [1.807, 2.05) is 24.1 Å². The standard InChI is InChI=1S/C10H19N3/c1-8(2)5-9(3)12-10-6-11-13(4)7-10/h6-9,12H,5H2,1-4H3/t9-/m0/s1. The van der Waals surface area contributed by atoms with Crippen LogP contribution in [-0.2, 0) is 7.05 Å². The maximum Gasteiger partial charge on any atom is 0.0728 e. The number of nitrogens with zero attached hydrogens (tertiary/aromatic N) is 2. The Bertz CT molecular complexity index is 252. The zero-order valence-corrected chi connectivity index (χ0v) is 8.91. The van der Waals surface area contributed by atoms with Crippen LogP contribution in [0.4, 0.5) is 5.69 Å². The third kappa shape index (κ3) is 3.49. The molecule has 3 nitrogen and oxygen atoms in total. The number of aromatic nitrogens is 2. The number of aryl methyl sites for hydroxylation is 1. The highest BCUT2D eigenvalue weighted by molar-refractivity contribution is 5.38. The van der Waals surface area contributed by atoms with E-state index in [9.17, 15) is 0 Å². The van der Waals surface area contributed by atoms with Gasteiger partial charge in [0.25, 0.3) is 0 Å². The van der Waals surface area contributed by atoms with Crippen LogP contribution in [0.15, 0.2) is 12.4 Å². The lowest BCUT2D eigenvalue weighted by Crippen LogP contribution is -2.16. The number of anilines is 1. The molecular formula is C10H19N3. The summed E-state index contributed by atoms with van der Waals surface area (Å²) in [5, 5.41) is 7.51. The molecule has 74 valence electrons. The predicted molar refractivity (Wildman–Crippen MR) is 55.7 cm³/mol. The zero-order chi connectivity index (χ0) is 9.84. The summed E-state index contributed by atoms with van der Waals surface area (Å²) in [5.41, 5.74) is 1.11. The molecule has 0 saturated heterocycles. The summed E-state index contributed by atoms with van der Waals surface area (Å²) in [6.45, 7) is 6.68. The molecule has 0 saturated carbocycles. The van der Waals surface area contributed by atoms with Gasteiger partial charge >= 0.3 is 0 Å². The lowest BCUT2D eigenvalue weighted by Gasteiger charge is -2.15. The van der Waals surface area contributed by atoms with E-state index >= 15 is 0 Å². The molecule has 0 spiro atoms. The molecule has 13 heavy (non-hydrogen) atoms. The van der Waals surface area contributed by atoms with Crippen LogP contribution in [0.3, 0.4) is 0 Å². The van der Waals surface area contributed by atoms with Gasteiger partial charge in [-0.05, 0) is 19.3 Å². The summed E-state index contributed by atoms with van der Waals surface area (Å²) in [7, 11) is 1.93. The third-order valence-corrected chi connectivity index (χ3v) is 1.94. The molecule has 1 N–H and O–H groups in total. The van der Waals surface area contributed by atoms with Gasteiger partial charge in [0, 0.05) is 19.3 Å². The number of nitrogens with one attached hydrogen (secondary N) is 1. The Balaban J connectivity index is 2.40. The van der Waals surface area contributed by atoms with Gasteiger partial charge in [0.15, 0.2) is 0 Å². The molecule has 0 aliphatic rings. The third-order valence-electron chi connectivity index (χ3n) is 1.94. The van der Waals surface area contributed by atoms with E-state index in [2.05, 4.69) is 31.2 Å². The molecule has 0 aromatic carbocycles. The molecule has 1 rings (SSSR count). The van der Waals surface area contributed by atoms with E-state index in [1.54, 1.807) is 0 Å². The Kier molecular flexibility index (Phi) is 3.34. The van der Waals surface area contributed by atoms with Crippen molar-refractivity contribution < 1.29 is 0 Å². The van der Waals surface area contributed by atoms with Gasteiger partial charge in [-0.2, -0.15) is 5.10 Å². The number of hydrogen-bond acceptors (Lipinski definition) is 2. The first kappa shape index (κ1) is 10.1. The van der Waals surface area contributed by atoms with Crippen LogP contribution in [-0.4, -0.2) is 15.8 Å². The summed E-state index contributed by atoms with van der Waals surface area (Å²) < 4.78 is 1.81. The van der Waals surface area contributed by atoms with Crippen molar-refractivity contribution in [3.05, 3.63) is 12.4 Å². The van der Waals surface area contributed by atoms with E-state index in [0.717, 1.165) is 11.6 Å². The van der Waals surface area contributed by atoms with Gasteiger partial charge < -0.3 is 5.32 Å². The van der Waals surface area contributed by atoms with Crippen LogP contribution in [0.2, 0.25) is 0 Å². The minimum absolute atomic E-state index is 0.518. The SMILES string of the molecule is CC(C)C[C@H](C)Nc1cnn(C)c1. The fourth-order valence-electron chi connectivity index (χ4n) is 1.55. The molecule has 0 bridgehead atoms. The summed E-state index contributed by atoms with van der Waals surface area (Å²) in [4.78, 5) is 0. The van der Waals surface area contributed by atoms with Crippen LogP contribution in [0, 0.1) is 5.92 Å². The Hall–Kier alpha value is -0.990. The smallest absolute Gasteiger partial charge is 0.0728 e. The largest absolute Gasteiger partial charge is 0.380 e. The van der Waals surface area contributed by atoms with Gasteiger partial charge in [-0.15, -0.1) is 0 Å². The topological polar surface area (TPSA) is 29.9 Å². The molecule has 1 atom stereocenters. The Morgan fingerprint density at radius 1 is 1.46 bits per heavy atom. The van der Waals surface area contributed by atoms with Crippen molar-refractivity contribution >= 4 is 5.69 Å². The lowest BCUT2D eigenvalue weighted by atomic mass is 10.1. The van der Waals surface area contributed by atoms with Crippen LogP contribution in [0.25, 0.3) is 0 Å². The van der Waals surface area contributed by atoms with E-state index in [0.29, 0.717) is 6.04 Å². The quantitative estimate of drug-likeness (QED) is 0.772. The van der Waals surface area contributed by atoms with Crippen LogP contribution in [0.1, 0.15) is 27.2 Å². The number of rotatable bonds is 4. The van der Waals surface area contributed by atoms with Gasteiger partial charge in [0.2, 0.25) is 0 Å². The van der Waals surface area contributed by atoms with Crippen LogP contribution < -0.4 is 5.32 Å². The fraction of sp³-hybridized carbons (Fsp3) is 0.700. The Morgan fingerprint density at radius 2 is 2.15 bits per heavy atom. The second-order valence-corrected chi connectivity index (χ2v) is 4.08. The highest BCUT2D eigenvalue weighted by atomic mass is 15.3. The molecule has 1 aromatic heterocycles. The van der Waals surface area contributed by atoms with Gasteiger partial charge in [-0.1, -0.05) is 13.8 Å². The summed E-state index contributed by atoms with van der Waals surface area (Å²) in [6.07, 6.45) is 5.04. The lowest BCUT2D eigenvalue weighted by molar-refractivity contribution is 0.540. The summed E-state index contributed by atoms with van der Waals surface area (Å²) in [6, 6.07) is 0.518. The van der Waals surface area contributed by atoms with Crippen molar-refractivity contribution in [2.24, 2.45) is 13.0 Å². The minimum atomic E-state index is 0.518. The Morgan fingerprint density at radius 3 is 2.62 bits per heavy atom. The highest BCUT2D eigenvalue weighted by Gasteiger charge is 2.05. The van der Waals surface area contributed by atoms with Gasteiger partial charge in [-0.3, -0.25) is 4.68 Å². The van der Waals surface area contributed by atoms with Crippen LogP contribution >= 0.6 is 0 Å². The molecule has 0 fully saturated rings. The van der Waals surface area contributed by atoms with E-state index < -0.39 is 0 Å². The molecule has 0 unspecified atom stereocenters. The molecule has 0 aliphatic carbocycles. The minimum Gasteiger partial charge on any atom is -0.380 e. The van der Waals surface area contributed by atoms with Crippen molar-refractivity contribution in [1.29, 1.82) is 0 Å². The zero-order valence-electron chi connectivity index (χ0n) is 8.91. The molecule has 1 aromatic rings. The van der Waals surface area contributed by atoms with Crippen molar-refractivity contribution in [2.75, 3.05) is 5.32 Å². The van der Waals surface area contributed by atoms with E-state index in [4.69, 9.17) is 0 Å². The molecule has 3 heteroatoms. The van der Waals surface area contributed by atoms with Crippen molar-refractivity contribution in [3.8, 4) is 0 Å². The van der Waals surface area contributed by atoms with Crippen molar-refractivity contribution in [1.82, 2.24) is 9.78 Å². The first-order valence-electron chi connectivity index (χ1n) is 4.83. The molecule has 0 amide bonds. The summed E-state index contributed by atoms with van der Waals surface area (Å²) in [5.74, 6) is 0.735. The average molecular weight is 181 g/mol. The number of hydrogen-bond donors (Lipinski definition) is 1. The average Bonchev–Trinajstić information content (AvgIpc) is 2.33. The predicted octanol–water partition coefficient (Wildman–Crippen LogP) is 2.27. The second kappa shape index (κ2) is 4.30. The van der Waals surface area contributed by atoms with E-state index in [-0.39, 0.29) is 0 Å². The maximum absolute atomic E-state index is 4.10. The molecular weight excluding hydrogens is 162 g/mol. The molecule has 0 radical (unpaired) electrons. The van der Waals surface area contributed by atoms with Crippen LogP contribution in [0.5, 0.6) is 0 Å². The normalized spacial score (nSPS) is 13.3. The van der Waals surface area contributed by atoms with Gasteiger partial charge in [-0.25, -0.2) is 0 Å². The van der Waals surface area contributed by atoms with Crippen molar-refractivity contribution in [2.45, 2.75) is 33.2 Å². The van der Waals surface area contributed by atoms with Gasteiger partial charge in [0.05, 0.1) is 11.9 Å². The molecule has 1 heterocycles. The first-order valence-corrected chi connectivity index (χ1v) is 4.83. The molecule has 0 aliphatic heterocycles. The second-order valence-electron chi connectivity index (χ2n) is 4.08. The summed E-state index contributed by atoms with van der Waals surface area (Å²) >= 11 is 0. The monoisotopic (exact) mass is 181 g/mol. The van der Waals surface area contributed by atoms with Gasteiger partial charge in [0.1, 0.15) is 0 Å². The first-order chi connectivity index (χ1) is 6.08. The highest BCUT2D eigenvalue weighted by Crippen LogP contribution is 2.11. The fourth-order valence-corrected chi connectivity index (χ4v) is 1.55. The maximum atomic E-state index is 4.10. The van der Waals surface area contributed by atoms with Crippen molar-refractivity contribution in [3.63, 3.8) is 0 Å². The Labute approximate surface area is 80.1 Å². The van der Waals surface area contributed by atoms with E-state index in [1.165, 1.54) is 6.42 Å².